The first-order valence-corrected chi connectivity index (χ1v) is 5.71. The van der Waals surface area contributed by atoms with Crippen LogP contribution < -0.4 is 5.73 Å². The second-order valence-electron chi connectivity index (χ2n) is 4.27. The van der Waals surface area contributed by atoms with Crippen molar-refractivity contribution in [3.63, 3.8) is 0 Å². The summed E-state index contributed by atoms with van der Waals surface area (Å²) in [5.41, 5.74) is 5.73. The molecule has 3 nitrogen and oxygen atoms in total. The fourth-order valence-electron chi connectivity index (χ4n) is 2.34. The average molecular weight is 201 g/mol. The molecule has 0 saturated heterocycles. The van der Waals surface area contributed by atoms with E-state index < -0.39 is 0 Å². The van der Waals surface area contributed by atoms with E-state index in [-0.39, 0.29) is 11.5 Å². The molecule has 1 aliphatic rings. The molecule has 14 heavy (non-hydrogen) atoms. The van der Waals surface area contributed by atoms with E-state index in [4.69, 9.17) is 10.5 Å². The zero-order chi connectivity index (χ0) is 10.4. The number of hydrogen-bond acceptors (Lipinski definition) is 3. The van der Waals surface area contributed by atoms with E-state index >= 15 is 0 Å². The predicted molar refractivity (Wildman–Crippen MR) is 57.1 cm³/mol. The van der Waals surface area contributed by atoms with E-state index in [0.717, 1.165) is 38.9 Å². The van der Waals surface area contributed by atoms with Gasteiger partial charge in [0.15, 0.2) is 0 Å². The number of rotatable bonds is 5. The van der Waals surface area contributed by atoms with Crippen LogP contribution in [0.25, 0.3) is 0 Å². The van der Waals surface area contributed by atoms with Crippen LogP contribution in [0.2, 0.25) is 0 Å². The summed E-state index contributed by atoms with van der Waals surface area (Å²) in [5, 5.41) is 9.98. The molecule has 2 unspecified atom stereocenters. The molecule has 0 amide bonds. The molecule has 0 aromatic heterocycles. The van der Waals surface area contributed by atoms with Crippen molar-refractivity contribution in [1.29, 1.82) is 0 Å². The Kier molecular flexibility index (Phi) is 4.85. The fourth-order valence-corrected chi connectivity index (χ4v) is 2.34. The molecule has 0 aliphatic heterocycles. The van der Waals surface area contributed by atoms with Crippen molar-refractivity contribution in [2.75, 3.05) is 19.8 Å². The molecule has 1 rings (SSSR count). The minimum atomic E-state index is -0.221. The first-order chi connectivity index (χ1) is 6.75. The van der Waals surface area contributed by atoms with Crippen LogP contribution in [0.4, 0.5) is 0 Å². The lowest BCUT2D eigenvalue weighted by Crippen LogP contribution is -2.44. The van der Waals surface area contributed by atoms with Crippen LogP contribution in [0.5, 0.6) is 0 Å². The molecular formula is C11H23NO2. The average Bonchev–Trinajstić information content (AvgIpc) is 2.21. The van der Waals surface area contributed by atoms with Gasteiger partial charge >= 0.3 is 0 Å². The Morgan fingerprint density at radius 3 is 2.86 bits per heavy atom. The first kappa shape index (κ1) is 12.0. The molecule has 1 saturated carbocycles. The Hall–Kier alpha value is -0.120. The summed E-state index contributed by atoms with van der Waals surface area (Å²) in [4.78, 5) is 0. The van der Waals surface area contributed by atoms with Crippen LogP contribution in [-0.2, 0) is 4.74 Å². The monoisotopic (exact) mass is 201 g/mol. The lowest BCUT2D eigenvalue weighted by molar-refractivity contribution is -0.0286. The quantitative estimate of drug-likeness (QED) is 0.659. The third-order valence-corrected chi connectivity index (χ3v) is 3.46. The minimum Gasteiger partial charge on any atom is -0.392 e. The number of nitrogens with two attached hydrogens (primary N) is 1. The second kappa shape index (κ2) is 5.69. The van der Waals surface area contributed by atoms with Crippen molar-refractivity contribution in [2.45, 2.75) is 45.1 Å². The van der Waals surface area contributed by atoms with Gasteiger partial charge in [0.1, 0.15) is 0 Å². The Morgan fingerprint density at radius 2 is 2.29 bits per heavy atom. The summed E-state index contributed by atoms with van der Waals surface area (Å²) in [6.07, 6.45) is 4.97. The number of aliphatic hydroxyl groups is 1. The Morgan fingerprint density at radius 1 is 1.50 bits per heavy atom. The highest BCUT2D eigenvalue weighted by Crippen LogP contribution is 2.38. The van der Waals surface area contributed by atoms with Gasteiger partial charge in [-0.2, -0.15) is 0 Å². The molecule has 1 aliphatic carbocycles. The summed E-state index contributed by atoms with van der Waals surface area (Å²) in [6, 6.07) is 0. The van der Waals surface area contributed by atoms with Gasteiger partial charge in [-0.15, -0.1) is 0 Å². The standard InChI is InChI=1S/C11H23NO2/c1-2-14-8-7-11(9-12)6-4-3-5-10(11)13/h10,13H,2-9,12H2,1H3. The van der Waals surface area contributed by atoms with Crippen molar-refractivity contribution >= 4 is 0 Å². The first-order valence-electron chi connectivity index (χ1n) is 5.71. The Balaban J connectivity index is 2.45. The second-order valence-corrected chi connectivity index (χ2v) is 4.27. The molecule has 0 radical (unpaired) electrons. The van der Waals surface area contributed by atoms with Gasteiger partial charge in [0, 0.05) is 25.2 Å². The highest BCUT2D eigenvalue weighted by molar-refractivity contribution is 4.90. The lowest BCUT2D eigenvalue weighted by atomic mass is 9.70. The Labute approximate surface area is 86.6 Å². The van der Waals surface area contributed by atoms with Crippen LogP contribution in [-0.4, -0.2) is 31.0 Å². The fraction of sp³-hybridized carbons (Fsp3) is 1.00. The minimum absolute atomic E-state index is 0.0621. The third kappa shape index (κ3) is 2.69. The molecule has 0 aromatic rings. The summed E-state index contributed by atoms with van der Waals surface area (Å²) < 4.78 is 5.34. The Bertz CT molecular complexity index is 163. The highest BCUT2D eigenvalue weighted by atomic mass is 16.5. The highest BCUT2D eigenvalue weighted by Gasteiger charge is 2.38. The largest absolute Gasteiger partial charge is 0.392 e. The van der Waals surface area contributed by atoms with Crippen molar-refractivity contribution < 1.29 is 9.84 Å². The maximum atomic E-state index is 9.98. The van der Waals surface area contributed by atoms with Gasteiger partial charge in [0.2, 0.25) is 0 Å². The van der Waals surface area contributed by atoms with E-state index in [0.29, 0.717) is 6.54 Å². The van der Waals surface area contributed by atoms with Gasteiger partial charge in [-0.1, -0.05) is 12.8 Å². The van der Waals surface area contributed by atoms with Crippen LogP contribution >= 0.6 is 0 Å². The zero-order valence-electron chi connectivity index (χ0n) is 9.17. The molecule has 3 heteroatoms. The number of hydrogen-bond donors (Lipinski definition) is 2. The van der Waals surface area contributed by atoms with Gasteiger partial charge in [-0.3, -0.25) is 0 Å². The topological polar surface area (TPSA) is 55.5 Å². The molecular weight excluding hydrogens is 178 g/mol. The van der Waals surface area contributed by atoms with E-state index in [1.807, 2.05) is 6.92 Å². The summed E-state index contributed by atoms with van der Waals surface area (Å²) in [7, 11) is 0. The maximum Gasteiger partial charge on any atom is 0.0609 e. The van der Waals surface area contributed by atoms with E-state index in [1.54, 1.807) is 0 Å². The number of aliphatic hydroxyl groups excluding tert-OH is 1. The molecule has 84 valence electrons. The van der Waals surface area contributed by atoms with Crippen molar-refractivity contribution in [3.8, 4) is 0 Å². The predicted octanol–water partition coefficient (Wildman–Crippen LogP) is 1.29. The molecule has 0 bridgehead atoms. The van der Waals surface area contributed by atoms with Crippen LogP contribution in [0, 0.1) is 5.41 Å². The number of ether oxygens (including phenoxy) is 1. The van der Waals surface area contributed by atoms with E-state index in [2.05, 4.69) is 0 Å². The normalized spacial score (nSPS) is 33.2. The van der Waals surface area contributed by atoms with E-state index in [9.17, 15) is 5.11 Å². The molecule has 1 fully saturated rings. The maximum absolute atomic E-state index is 9.98. The van der Waals surface area contributed by atoms with Gasteiger partial charge in [-0.05, 0) is 26.2 Å². The van der Waals surface area contributed by atoms with Crippen LogP contribution in [0.15, 0.2) is 0 Å². The van der Waals surface area contributed by atoms with E-state index in [1.165, 1.54) is 6.42 Å². The van der Waals surface area contributed by atoms with Crippen molar-refractivity contribution in [3.05, 3.63) is 0 Å². The molecule has 0 spiro atoms. The summed E-state index contributed by atoms with van der Waals surface area (Å²) >= 11 is 0. The summed E-state index contributed by atoms with van der Waals surface area (Å²) in [6.45, 7) is 4.05. The van der Waals surface area contributed by atoms with Gasteiger partial charge in [0.25, 0.3) is 0 Å². The molecule has 0 aromatic carbocycles. The van der Waals surface area contributed by atoms with Gasteiger partial charge < -0.3 is 15.6 Å². The smallest absolute Gasteiger partial charge is 0.0609 e. The van der Waals surface area contributed by atoms with Crippen molar-refractivity contribution in [2.24, 2.45) is 11.1 Å². The lowest BCUT2D eigenvalue weighted by Gasteiger charge is -2.40. The van der Waals surface area contributed by atoms with Crippen LogP contribution in [0.3, 0.4) is 0 Å². The summed E-state index contributed by atoms with van der Waals surface area (Å²) in [5.74, 6) is 0. The van der Waals surface area contributed by atoms with Crippen LogP contribution in [0.1, 0.15) is 39.0 Å². The van der Waals surface area contributed by atoms with Gasteiger partial charge in [-0.25, -0.2) is 0 Å². The molecule has 2 atom stereocenters. The van der Waals surface area contributed by atoms with Gasteiger partial charge in [0.05, 0.1) is 6.10 Å². The third-order valence-electron chi connectivity index (χ3n) is 3.46. The zero-order valence-corrected chi connectivity index (χ0v) is 9.17. The SMILES string of the molecule is CCOCCC1(CN)CCCCC1O. The molecule has 0 heterocycles. The molecule has 3 N–H and O–H groups in total. The van der Waals surface area contributed by atoms with Crippen molar-refractivity contribution in [1.82, 2.24) is 0 Å².